The number of hydrazone groups is 1. The van der Waals surface area contributed by atoms with Crippen molar-refractivity contribution in [3.8, 4) is 5.75 Å². The Morgan fingerprint density at radius 2 is 1.70 bits per heavy atom. The molecule has 0 atom stereocenters. The third-order valence-electron chi connectivity index (χ3n) is 4.27. The normalized spacial score (nSPS) is 10.6. The van der Waals surface area contributed by atoms with Crippen molar-refractivity contribution in [3.63, 3.8) is 0 Å². The van der Waals surface area contributed by atoms with Crippen LogP contribution in [0.4, 0.5) is 5.69 Å². The van der Waals surface area contributed by atoms with Gasteiger partial charge < -0.3 is 10.1 Å². The topological polar surface area (TPSA) is 79.8 Å². The molecule has 0 fully saturated rings. The number of amides is 2. The summed E-state index contributed by atoms with van der Waals surface area (Å²) in [6, 6.07) is 21.4. The molecule has 2 amide bonds. The third-order valence-corrected chi connectivity index (χ3v) is 4.27. The third kappa shape index (κ3) is 5.54. The SMILES string of the molecule is CCOc1ccccc1C=NNC(=O)c1ccc(NC(=O)c2cccc(C)c2)cc1. The first-order valence-corrected chi connectivity index (χ1v) is 9.60. The number of hydrogen-bond acceptors (Lipinski definition) is 4. The largest absolute Gasteiger partial charge is 0.493 e. The van der Waals surface area contributed by atoms with Crippen molar-refractivity contribution in [2.75, 3.05) is 11.9 Å². The number of hydrogen-bond donors (Lipinski definition) is 2. The zero-order chi connectivity index (χ0) is 21.3. The van der Waals surface area contributed by atoms with Crippen LogP contribution in [0.2, 0.25) is 0 Å². The van der Waals surface area contributed by atoms with Crippen LogP contribution in [0.25, 0.3) is 0 Å². The summed E-state index contributed by atoms with van der Waals surface area (Å²) < 4.78 is 5.52. The van der Waals surface area contributed by atoms with Gasteiger partial charge in [-0.15, -0.1) is 0 Å². The minimum atomic E-state index is -0.350. The molecule has 0 saturated carbocycles. The molecule has 3 aromatic rings. The summed E-state index contributed by atoms with van der Waals surface area (Å²) >= 11 is 0. The molecule has 2 N–H and O–H groups in total. The number of aryl methyl sites for hydroxylation is 1. The molecule has 0 spiro atoms. The Morgan fingerprint density at radius 1 is 0.933 bits per heavy atom. The summed E-state index contributed by atoms with van der Waals surface area (Å²) in [6.07, 6.45) is 1.54. The molecular formula is C24H23N3O3. The van der Waals surface area contributed by atoms with Crippen LogP contribution >= 0.6 is 0 Å². The number of nitrogens with zero attached hydrogens (tertiary/aromatic N) is 1. The van der Waals surface area contributed by atoms with Crippen LogP contribution in [0.3, 0.4) is 0 Å². The highest BCUT2D eigenvalue weighted by molar-refractivity contribution is 6.04. The summed E-state index contributed by atoms with van der Waals surface area (Å²) in [4.78, 5) is 24.6. The number of anilines is 1. The van der Waals surface area contributed by atoms with Gasteiger partial charge >= 0.3 is 0 Å². The molecule has 3 rings (SSSR count). The molecule has 6 nitrogen and oxygen atoms in total. The summed E-state index contributed by atoms with van der Waals surface area (Å²) in [5, 5.41) is 6.83. The van der Waals surface area contributed by atoms with Gasteiger partial charge in [-0.2, -0.15) is 5.10 Å². The predicted octanol–water partition coefficient (Wildman–Crippen LogP) is 4.41. The van der Waals surface area contributed by atoms with Gasteiger partial charge in [0.05, 0.1) is 12.8 Å². The lowest BCUT2D eigenvalue weighted by Gasteiger charge is -2.07. The van der Waals surface area contributed by atoms with E-state index in [1.165, 1.54) is 0 Å². The molecular weight excluding hydrogens is 378 g/mol. The van der Waals surface area contributed by atoms with Gasteiger partial charge in [-0.25, -0.2) is 5.43 Å². The predicted molar refractivity (Wildman–Crippen MR) is 118 cm³/mol. The number of para-hydroxylation sites is 1. The van der Waals surface area contributed by atoms with Gasteiger partial charge in [0.2, 0.25) is 0 Å². The molecule has 152 valence electrons. The Kier molecular flexibility index (Phi) is 6.95. The van der Waals surface area contributed by atoms with Gasteiger partial charge in [-0.05, 0) is 62.4 Å². The van der Waals surface area contributed by atoms with E-state index in [1.807, 2.05) is 56.3 Å². The Bertz CT molecular complexity index is 1060. The van der Waals surface area contributed by atoms with Gasteiger partial charge in [0, 0.05) is 22.4 Å². The molecule has 3 aromatic carbocycles. The Labute approximate surface area is 175 Å². The van der Waals surface area contributed by atoms with Crippen LogP contribution in [0, 0.1) is 6.92 Å². The number of benzene rings is 3. The van der Waals surface area contributed by atoms with E-state index >= 15 is 0 Å². The number of rotatable bonds is 7. The summed E-state index contributed by atoms with van der Waals surface area (Å²) in [7, 11) is 0. The van der Waals surface area contributed by atoms with Crippen molar-refractivity contribution in [1.29, 1.82) is 0 Å². The van der Waals surface area contributed by atoms with Crippen molar-refractivity contribution in [2.45, 2.75) is 13.8 Å². The Hall–Kier alpha value is -3.93. The standard InChI is InChI=1S/C24H23N3O3/c1-3-30-22-10-5-4-8-20(22)16-25-27-24(29)18-11-13-21(14-12-18)26-23(28)19-9-6-7-17(2)15-19/h4-16H,3H2,1-2H3,(H,26,28)(H,27,29). The molecule has 0 unspecified atom stereocenters. The highest BCUT2D eigenvalue weighted by atomic mass is 16.5. The maximum absolute atomic E-state index is 12.3. The highest BCUT2D eigenvalue weighted by Gasteiger charge is 2.08. The van der Waals surface area contributed by atoms with E-state index in [9.17, 15) is 9.59 Å². The number of carbonyl (C=O) groups is 2. The number of carbonyl (C=O) groups excluding carboxylic acids is 2. The van der Waals surface area contributed by atoms with E-state index in [4.69, 9.17) is 4.74 Å². The lowest BCUT2D eigenvalue weighted by Crippen LogP contribution is -2.18. The van der Waals surface area contributed by atoms with Gasteiger partial charge in [0.15, 0.2) is 0 Å². The van der Waals surface area contributed by atoms with E-state index in [2.05, 4.69) is 15.8 Å². The van der Waals surface area contributed by atoms with Crippen LogP contribution < -0.4 is 15.5 Å². The lowest BCUT2D eigenvalue weighted by molar-refractivity contribution is 0.0954. The van der Waals surface area contributed by atoms with Crippen molar-refractivity contribution < 1.29 is 14.3 Å². The Balaban J connectivity index is 1.59. The zero-order valence-electron chi connectivity index (χ0n) is 16.9. The first-order valence-electron chi connectivity index (χ1n) is 9.60. The van der Waals surface area contributed by atoms with Gasteiger partial charge in [0.25, 0.3) is 11.8 Å². The maximum Gasteiger partial charge on any atom is 0.271 e. The van der Waals surface area contributed by atoms with E-state index in [1.54, 1.807) is 36.5 Å². The molecule has 0 aromatic heterocycles. The van der Waals surface area contributed by atoms with Crippen LogP contribution in [0.15, 0.2) is 77.9 Å². The van der Waals surface area contributed by atoms with E-state index in [0.717, 1.165) is 11.1 Å². The maximum atomic E-state index is 12.3. The van der Waals surface area contributed by atoms with Crippen LogP contribution in [-0.2, 0) is 0 Å². The van der Waals surface area contributed by atoms with E-state index < -0.39 is 0 Å². The van der Waals surface area contributed by atoms with Gasteiger partial charge in [0.1, 0.15) is 5.75 Å². The van der Waals surface area contributed by atoms with E-state index in [0.29, 0.717) is 29.2 Å². The molecule has 6 heteroatoms. The summed E-state index contributed by atoms with van der Waals surface area (Å²) in [5.74, 6) is 0.150. The van der Waals surface area contributed by atoms with Crippen LogP contribution in [0.5, 0.6) is 5.75 Å². The quantitative estimate of drug-likeness (QED) is 0.455. The first-order chi connectivity index (χ1) is 14.6. The van der Waals surface area contributed by atoms with Crippen molar-refractivity contribution in [2.24, 2.45) is 5.10 Å². The first kappa shape index (κ1) is 20.8. The Morgan fingerprint density at radius 3 is 2.43 bits per heavy atom. The van der Waals surface area contributed by atoms with E-state index in [-0.39, 0.29) is 11.8 Å². The van der Waals surface area contributed by atoms with Gasteiger partial charge in [-0.1, -0.05) is 29.8 Å². The van der Waals surface area contributed by atoms with Crippen molar-refractivity contribution in [1.82, 2.24) is 5.43 Å². The summed E-state index contributed by atoms with van der Waals surface area (Å²) in [5.41, 5.74) is 5.90. The molecule has 30 heavy (non-hydrogen) atoms. The summed E-state index contributed by atoms with van der Waals surface area (Å²) in [6.45, 7) is 4.38. The fourth-order valence-electron chi connectivity index (χ4n) is 2.79. The monoisotopic (exact) mass is 401 g/mol. The molecule has 0 aliphatic heterocycles. The van der Waals surface area contributed by atoms with Crippen LogP contribution in [0.1, 0.15) is 38.8 Å². The van der Waals surface area contributed by atoms with Gasteiger partial charge in [-0.3, -0.25) is 9.59 Å². The molecule has 0 bridgehead atoms. The second-order valence-electron chi connectivity index (χ2n) is 6.57. The smallest absolute Gasteiger partial charge is 0.271 e. The van der Waals surface area contributed by atoms with Crippen molar-refractivity contribution >= 4 is 23.7 Å². The second kappa shape index (κ2) is 10.0. The minimum Gasteiger partial charge on any atom is -0.493 e. The molecule has 0 heterocycles. The van der Waals surface area contributed by atoms with Crippen molar-refractivity contribution in [3.05, 3.63) is 95.1 Å². The number of ether oxygens (including phenoxy) is 1. The molecule has 0 radical (unpaired) electrons. The van der Waals surface area contributed by atoms with Crippen LogP contribution in [-0.4, -0.2) is 24.6 Å². The number of nitrogens with one attached hydrogen (secondary N) is 2. The lowest BCUT2D eigenvalue weighted by atomic mass is 10.1. The molecule has 0 aliphatic rings. The molecule has 0 aliphatic carbocycles. The fraction of sp³-hybridized carbons (Fsp3) is 0.125. The average Bonchev–Trinajstić information content (AvgIpc) is 2.75. The second-order valence-corrected chi connectivity index (χ2v) is 6.57. The minimum absolute atomic E-state index is 0.200. The average molecular weight is 401 g/mol. The fourth-order valence-corrected chi connectivity index (χ4v) is 2.79. The zero-order valence-corrected chi connectivity index (χ0v) is 16.9. The molecule has 0 saturated heterocycles. The highest BCUT2D eigenvalue weighted by Crippen LogP contribution is 2.16.